The minimum Gasteiger partial charge on any atom is -0.495 e. The summed E-state index contributed by atoms with van der Waals surface area (Å²) in [7, 11) is 3.52. The molecule has 4 aromatic carbocycles. The topological polar surface area (TPSA) is 102 Å². The second-order valence-corrected chi connectivity index (χ2v) is 13.1. The van der Waals surface area contributed by atoms with Crippen molar-refractivity contribution in [2.24, 2.45) is 0 Å². The number of aldehydes is 1. The normalized spacial score (nSPS) is 16.0. The van der Waals surface area contributed by atoms with Gasteiger partial charge in [0.1, 0.15) is 11.9 Å². The lowest BCUT2D eigenvalue weighted by Crippen LogP contribution is -2.57. The van der Waals surface area contributed by atoms with Crippen molar-refractivity contribution in [1.29, 1.82) is 0 Å². The summed E-state index contributed by atoms with van der Waals surface area (Å²) >= 11 is 0. The molecule has 0 aromatic heterocycles. The van der Waals surface area contributed by atoms with Crippen molar-refractivity contribution in [1.82, 2.24) is 9.80 Å². The first kappa shape index (κ1) is 34.5. The largest absolute Gasteiger partial charge is 0.495 e. The molecule has 0 spiro atoms. The van der Waals surface area contributed by atoms with Crippen LogP contribution < -0.4 is 19.9 Å². The van der Waals surface area contributed by atoms with Gasteiger partial charge in [-0.2, -0.15) is 0 Å². The Kier molecular flexibility index (Phi) is 10.1. The number of likely N-dealkylation sites (N-methyl/N-ethyl adjacent to an activating group) is 1. The van der Waals surface area contributed by atoms with Crippen molar-refractivity contribution in [3.05, 3.63) is 107 Å². The van der Waals surface area contributed by atoms with Crippen LogP contribution in [-0.2, 0) is 9.59 Å². The van der Waals surface area contributed by atoms with Gasteiger partial charge in [-0.15, -0.1) is 0 Å². The molecule has 0 aliphatic carbocycles. The number of methoxy groups -OCH3 is 1. The number of amides is 3. The molecule has 2 aliphatic rings. The maximum Gasteiger partial charge on any atom is 0.258 e. The van der Waals surface area contributed by atoms with Crippen LogP contribution in [-0.4, -0.2) is 86.9 Å². The molecule has 10 nitrogen and oxygen atoms in total. The van der Waals surface area contributed by atoms with E-state index in [9.17, 15) is 19.2 Å². The Labute approximate surface area is 293 Å². The first-order valence-corrected chi connectivity index (χ1v) is 16.9. The number of hydrogen-bond acceptors (Lipinski definition) is 7. The quantitative estimate of drug-likeness (QED) is 0.240. The number of benzene rings is 4. The number of rotatable bonds is 8. The fourth-order valence-corrected chi connectivity index (χ4v) is 6.84. The minimum absolute atomic E-state index is 0.0443. The lowest BCUT2D eigenvalue weighted by molar-refractivity contribution is -0.123. The molecular weight excluding hydrogens is 630 g/mol. The highest BCUT2D eigenvalue weighted by molar-refractivity contribution is 6.13. The van der Waals surface area contributed by atoms with Gasteiger partial charge in [0, 0.05) is 50.3 Å². The molecular formula is C40H43N5O5. The van der Waals surface area contributed by atoms with Gasteiger partial charge in [-0.1, -0.05) is 48.0 Å². The number of ether oxygens (including phenoxy) is 1. The van der Waals surface area contributed by atoms with Gasteiger partial charge in [-0.25, -0.2) is 0 Å². The molecule has 1 fully saturated rings. The third kappa shape index (κ3) is 6.90. The second kappa shape index (κ2) is 14.7. The van der Waals surface area contributed by atoms with E-state index in [-0.39, 0.29) is 30.7 Å². The Morgan fingerprint density at radius 1 is 0.820 bits per heavy atom. The first-order chi connectivity index (χ1) is 24.1. The number of piperazine rings is 1. The number of aryl methyl sites for hydroxylation is 3. The molecule has 0 saturated carbocycles. The summed E-state index contributed by atoms with van der Waals surface area (Å²) < 4.78 is 5.68. The molecule has 2 aliphatic heterocycles. The smallest absolute Gasteiger partial charge is 0.258 e. The van der Waals surface area contributed by atoms with E-state index in [0.717, 1.165) is 47.2 Å². The zero-order valence-corrected chi connectivity index (χ0v) is 29.2. The monoisotopic (exact) mass is 673 g/mol. The maximum atomic E-state index is 14.2. The third-order valence-electron chi connectivity index (χ3n) is 9.58. The van der Waals surface area contributed by atoms with Crippen LogP contribution in [0.25, 0.3) is 11.1 Å². The van der Waals surface area contributed by atoms with Crippen LogP contribution in [0.3, 0.4) is 0 Å². The van der Waals surface area contributed by atoms with Crippen molar-refractivity contribution in [3.8, 4) is 16.9 Å². The van der Waals surface area contributed by atoms with E-state index in [4.69, 9.17) is 4.74 Å². The zero-order chi connectivity index (χ0) is 35.5. The van der Waals surface area contributed by atoms with Gasteiger partial charge in [0.25, 0.3) is 11.8 Å². The van der Waals surface area contributed by atoms with Gasteiger partial charge in [0.05, 0.1) is 24.2 Å². The molecule has 2 heterocycles. The van der Waals surface area contributed by atoms with Crippen LogP contribution >= 0.6 is 0 Å². The van der Waals surface area contributed by atoms with Crippen LogP contribution in [0.15, 0.2) is 78.9 Å². The van der Waals surface area contributed by atoms with Gasteiger partial charge in [0.15, 0.2) is 6.29 Å². The molecule has 50 heavy (non-hydrogen) atoms. The van der Waals surface area contributed by atoms with E-state index in [1.54, 1.807) is 34.1 Å². The van der Waals surface area contributed by atoms with E-state index >= 15 is 0 Å². The molecule has 1 N–H and O–H groups in total. The molecule has 4 aromatic rings. The molecule has 1 unspecified atom stereocenters. The highest BCUT2D eigenvalue weighted by Gasteiger charge is 2.37. The molecule has 1 saturated heterocycles. The number of carbonyl (C=O) groups excluding carboxylic acids is 4. The average molecular weight is 674 g/mol. The van der Waals surface area contributed by atoms with Crippen molar-refractivity contribution >= 4 is 41.1 Å². The fraction of sp³-hybridized carbons (Fsp3) is 0.300. The van der Waals surface area contributed by atoms with Crippen LogP contribution in [0, 0.1) is 20.8 Å². The number of carbonyl (C=O) groups is 4. The SMILES string of the molecule is COc1cc(C(=O)N2CCC(=O)N(C(C=O)N3CCN(C)CC3)c3cc(C)ccc32)ccc1NC(=O)c1ccccc1-c1ccc(C)cc1C. The van der Waals surface area contributed by atoms with E-state index in [1.165, 1.54) is 7.11 Å². The van der Waals surface area contributed by atoms with Crippen molar-refractivity contribution < 1.29 is 23.9 Å². The summed E-state index contributed by atoms with van der Waals surface area (Å²) in [6.07, 6.45) is 0.0862. The number of nitrogens with one attached hydrogen (secondary N) is 1. The minimum atomic E-state index is -0.783. The number of nitrogens with zero attached hydrogens (tertiary/aromatic N) is 4. The van der Waals surface area contributed by atoms with Crippen molar-refractivity contribution in [3.63, 3.8) is 0 Å². The Balaban J connectivity index is 1.29. The molecule has 1 atom stereocenters. The van der Waals surface area contributed by atoms with Gasteiger partial charge >= 0.3 is 0 Å². The summed E-state index contributed by atoms with van der Waals surface area (Å²) in [6.45, 7) is 8.99. The standard InChI is InChI=1S/C40H43N5O5/c1-26-10-13-30(28(3)22-26)31-8-6-7-9-32(31)39(48)41-33-14-12-29(24-36(33)50-5)40(49)44-17-16-38(47)45(35-23-27(2)11-15-34(35)44)37(25-46)43-20-18-42(4)19-21-43/h6-15,22-25,37H,16-21H2,1-5H3,(H,41,48). The summed E-state index contributed by atoms with van der Waals surface area (Å²) in [5.41, 5.74) is 7.23. The molecule has 0 bridgehead atoms. The van der Waals surface area contributed by atoms with Gasteiger partial charge in [-0.3, -0.25) is 29.0 Å². The highest BCUT2D eigenvalue weighted by Crippen LogP contribution is 2.37. The molecule has 6 rings (SSSR count). The number of anilines is 3. The van der Waals surface area contributed by atoms with Crippen LogP contribution in [0.2, 0.25) is 0 Å². The highest BCUT2D eigenvalue weighted by atomic mass is 16.5. The molecule has 0 radical (unpaired) electrons. The van der Waals surface area contributed by atoms with Crippen LogP contribution in [0.4, 0.5) is 17.1 Å². The lowest BCUT2D eigenvalue weighted by atomic mass is 9.94. The Morgan fingerprint density at radius 3 is 2.26 bits per heavy atom. The summed E-state index contributed by atoms with van der Waals surface area (Å²) in [4.78, 5) is 61.6. The Morgan fingerprint density at radius 2 is 1.54 bits per heavy atom. The fourth-order valence-electron chi connectivity index (χ4n) is 6.84. The number of hydrogen-bond donors (Lipinski definition) is 1. The first-order valence-electron chi connectivity index (χ1n) is 16.9. The van der Waals surface area contributed by atoms with Crippen LogP contribution in [0.1, 0.15) is 43.8 Å². The van der Waals surface area contributed by atoms with Gasteiger partial charge in [0.2, 0.25) is 5.91 Å². The Bertz CT molecular complexity index is 1950. The summed E-state index contributed by atoms with van der Waals surface area (Å²) in [5.74, 6) is -0.539. The van der Waals surface area contributed by atoms with E-state index in [1.807, 2.05) is 81.2 Å². The Hall–Kier alpha value is -5.32. The zero-order valence-electron chi connectivity index (χ0n) is 29.2. The van der Waals surface area contributed by atoms with Gasteiger partial charge in [-0.05, 0) is 86.5 Å². The predicted molar refractivity (Wildman–Crippen MR) is 196 cm³/mol. The molecule has 3 amide bonds. The van der Waals surface area contributed by atoms with Crippen LogP contribution in [0.5, 0.6) is 5.75 Å². The van der Waals surface area contributed by atoms with E-state index in [0.29, 0.717) is 47.0 Å². The number of fused-ring (bicyclic) bond motifs is 1. The summed E-state index contributed by atoms with van der Waals surface area (Å²) in [5, 5.41) is 2.98. The maximum absolute atomic E-state index is 14.2. The molecule has 10 heteroatoms. The van der Waals surface area contributed by atoms with Crippen molar-refractivity contribution in [2.75, 3.05) is 62.0 Å². The average Bonchev–Trinajstić information content (AvgIpc) is 3.25. The predicted octanol–water partition coefficient (Wildman–Crippen LogP) is 5.70. The van der Waals surface area contributed by atoms with E-state index < -0.39 is 6.17 Å². The molecule has 258 valence electrons. The van der Waals surface area contributed by atoms with Gasteiger partial charge < -0.3 is 19.9 Å². The second-order valence-electron chi connectivity index (χ2n) is 13.1. The van der Waals surface area contributed by atoms with Crippen molar-refractivity contribution in [2.45, 2.75) is 33.4 Å². The summed E-state index contributed by atoms with van der Waals surface area (Å²) in [6, 6.07) is 24.1. The van der Waals surface area contributed by atoms with E-state index in [2.05, 4.69) is 16.3 Å². The third-order valence-corrected chi connectivity index (χ3v) is 9.58. The lowest BCUT2D eigenvalue weighted by Gasteiger charge is -2.40.